The van der Waals surface area contributed by atoms with Gasteiger partial charge in [0, 0.05) is 37.9 Å². The van der Waals surface area contributed by atoms with Gasteiger partial charge in [-0.15, -0.1) is 12.4 Å². The van der Waals surface area contributed by atoms with Crippen molar-refractivity contribution < 1.29 is 23.5 Å². The van der Waals surface area contributed by atoms with Crippen molar-refractivity contribution in [3.8, 4) is 5.75 Å². The molecule has 172 valence electrons. The Kier molecular flexibility index (Phi) is 7.93. The van der Waals surface area contributed by atoms with E-state index in [1.165, 1.54) is 19.1 Å². The molecular weight excluding hydrogens is 437 g/mol. The van der Waals surface area contributed by atoms with Gasteiger partial charge in [-0.25, -0.2) is 9.18 Å². The second kappa shape index (κ2) is 10.7. The van der Waals surface area contributed by atoms with Crippen molar-refractivity contribution >= 4 is 35.8 Å². The number of nitrogens with one attached hydrogen (secondary N) is 1. The molecular formula is C23H27ClFN3O4. The van der Waals surface area contributed by atoms with Gasteiger partial charge in [-0.05, 0) is 61.4 Å². The highest BCUT2D eigenvalue weighted by Gasteiger charge is 2.34. The Bertz CT molecular complexity index is 918. The number of piperidine rings is 1. The number of amides is 2. The summed E-state index contributed by atoms with van der Waals surface area (Å²) in [6.07, 6.45) is 1.30. The van der Waals surface area contributed by atoms with E-state index in [1.54, 1.807) is 17.0 Å². The number of carbonyl (C=O) groups is 2. The Morgan fingerprint density at radius 2 is 1.78 bits per heavy atom. The zero-order valence-electron chi connectivity index (χ0n) is 17.8. The summed E-state index contributed by atoms with van der Waals surface area (Å²) in [5.41, 5.74) is 1.39. The molecule has 0 radical (unpaired) electrons. The largest absolute Gasteiger partial charge is 0.490 e. The van der Waals surface area contributed by atoms with Crippen LogP contribution in [0, 0.1) is 5.82 Å². The number of anilines is 2. The van der Waals surface area contributed by atoms with Crippen molar-refractivity contribution in [3.05, 3.63) is 54.3 Å². The van der Waals surface area contributed by atoms with Gasteiger partial charge in [-0.1, -0.05) is 0 Å². The number of nitrogens with zero attached hydrogens (tertiary/aromatic N) is 2. The molecule has 1 atom stereocenters. The monoisotopic (exact) mass is 463 g/mol. The lowest BCUT2D eigenvalue weighted by Crippen LogP contribution is -2.42. The zero-order chi connectivity index (χ0) is 21.8. The molecule has 1 N–H and O–H groups in total. The van der Waals surface area contributed by atoms with E-state index in [-0.39, 0.29) is 36.3 Å². The van der Waals surface area contributed by atoms with Crippen LogP contribution in [0.15, 0.2) is 48.5 Å². The molecule has 0 unspecified atom stereocenters. The van der Waals surface area contributed by atoms with Crippen molar-refractivity contribution in [1.29, 1.82) is 0 Å². The van der Waals surface area contributed by atoms with Gasteiger partial charge in [0.25, 0.3) is 0 Å². The number of rotatable bonds is 6. The van der Waals surface area contributed by atoms with Crippen molar-refractivity contribution in [1.82, 2.24) is 4.90 Å². The highest BCUT2D eigenvalue weighted by Crippen LogP contribution is 2.24. The quantitative estimate of drug-likeness (QED) is 0.699. The topological polar surface area (TPSA) is 71.1 Å². The standard InChI is InChI=1S/C23H26FN3O4.ClH/c1-16(28)25-18-4-8-20(9-5-18)30-21-10-12-26(13-11-21)14-22-15-27(23(29)31-22)19-6-2-17(24)3-7-19;/h2-9,21-22H,10-15H2,1H3,(H,25,28);1H/t22-;/m1./s1. The first-order chi connectivity index (χ1) is 15.0. The first kappa shape index (κ1) is 23.8. The van der Waals surface area contributed by atoms with E-state index in [4.69, 9.17) is 9.47 Å². The lowest BCUT2D eigenvalue weighted by atomic mass is 10.1. The average molecular weight is 464 g/mol. The van der Waals surface area contributed by atoms with E-state index in [9.17, 15) is 14.0 Å². The van der Waals surface area contributed by atoms with Crippen LogP contribution in [0.4, 0.5) is 20.6 Å². The molecule has 7 nitrogen and oxygen atoms in total. The Balaban J connectivity index is 0.00000289. The third-order valence-electron chi connectivity index (χ3n) is 5.49. The van der Waals surface area contributed by atoms with E-state index in [1.807, 2.05) is 24.3 Å². The third-order valence-corrected chi connectivity index (χ3v) is 5.49. The van der Waals surface area contributed by atoms with Crippen LogP contribution in [0.3, 0.4) is 0 Å². The summed E-state index contributed by atoms with van der Waals surface area (Å²) in [5, 5.41) is 2.74. The van der Waals surface area contributed by atoms with Crippen LogP contribution in [-0.4, -0.2) is 55.3 Å². The molecule has 2 amide bonds. The summed E-state index contributed by atoms with van der Waals surface area (Å²) in [6, 6.07) is 13.2. The van der Waals surface area contributed by atoms with Gasteiger partial charge in [-0.2, -0.15) is 0 Å². The number of benzene rings is 2. The Morgan fingerprint density at radius 1 is 1.12 bits per heavy atom. The van der Waals surface area contributed by atoms with Crippen LogP contribution in [0.5, 0.6) is 5.75 Å². The molecule has 0 aromatic heterocycles. The number of likely N-dealkylation sites (tertiary alicyclic amines) is 1. The Morgan fingerprint density at radius 3 is 2.41 bits per heavy atom. The lowest BCUT2D eigenvalue weighted by Gasteiger charge is -2.33. The van der Waals surface area contributed by atoms with Crippen molar-refractivity contribution in [3.63, 3.8) is 0 Å². The second-order valence-corrected chi connectivity index (χ2v) is 7.92. The van der Waals surface area contributed by atoms with Gasteiger partial charge < -0.3 is 14.8 Å². The maximum atomic E-state index is 13.1. The molecule has 2 aromatic rings. The highest BCUT2D eigenvalue weighted by molar-refractivity contribution is 5.89. The van der Waals surface area contributed by atoms with Gasteiger partial charge >= 0.3 is 6.09 Å². The van der Waals surface area contributed by atoms with E-state index < -0.39 is 6.09 Å². The summed E-state index contributed by atoms with van der Waals surface area (Å²) >= 11 is 0. The van der Waals surface area contributed by atoms with Gasteiger partial charge in [0.05, 0.1) is 6.54 Å². The van der Waals surface area contributed by atoms with E-state index >= 15 is 0 Å². The van der Waals surface area contributed by atoms with E-state index in [0.717, 1.165) is 37.4 Å². The van der Waals surface area contributed by atoms with Crippen LogP contribution in [-0.2, 0) is 9.53 Å². The van der Waals surface area contributed by atoms with Crippen LogP contribution in [0.25, 0.3) is 0 Å². The first-order valence-corrected chi connectivity index (χ1v) is 10.5. The summed E-state index contributed by atoms with van der Waals surface area (Å²) in [5.74, 6) is 0.351. The Hall–Kier alpha value is -2.84. The minimum atomic E-state index is -0.391. The fourth-order valence-electron chi connectivity index (χ4n) is 3.96. The molecule has 0 bridgehead atoms. The SMILES string of the molecule is CC(=O)Nc1ccc(OC2CCN(C[C@@H]3CN(c4ccc(F)cc4)C(=O)O3)CC2)cc1.Cl. The summed E-state index contributed by atoms with van der Waals surface area (Å²) in [7, 11) is 0. The van der Waals surface area contributed by atoms with Crippen LogP contribution in [0.2, 0.25) is 0 Å². The fraction of sp³-hybridized carbons (Fsp3) is 0.391. The van der Waals surface area contributed by atoms with Crippen molar-refractivity contribution in [2.75, 3.05) is 36.4 Å². The average Bonchev–Trinajstić information content (AvgIpc) is 3.11. The van der Waals surface area contributed by atoms with Crippen molar-refractivity contribution in [2.24, 2.45) is 0 Å². The maximum Gasteiger partial charge on any atom is 0.414 e. The molecule has 2 aromatic carbocycles. The van der Waals surface area contributed by atoms with Crippen molar-refractivity contribution in [2.45, 2.75) is 32.0 Å². The van der Waals surface area contributed by atoms with Gasteiger partial charge in [0.2, 0.25) is 5.91 Å². The minimum absolute atomic E-state index is 0. The maximum absolute atomic E-state index is 13.1. The van der Waals surface area contributed by atoms with Gasteiger partial charge in [0.1, 0.15) is 23.8 Å². The molecule has 0 aliphatic carbocycles. The van der Waals surface area contributed by atoms with Gasteiger partial charge in [-0.3, -0.25) is 14.6 Å². The third kappa shape index (κ3) is 6.11. The van der Waals surface area contributed by atoms with E-state index in [2.05, 4.69) is 10.2 Å². The fourth-order valence-corrected chi connectivity index (χ4v) is 3.96. The predicted molar refractivity (Wildman–Crippen MR) is 122 cm³/mol. The molecule has 2 aliphatic rings. The molecule has 9 heteroatoms. The lowest BCUT2D eigenvalue weighted by molar-refractivity contribution is -0.114. The summed E-state index contributed by atoms with van der Waals surface area (Å²) in [6.45, 7) is 4.33. The number of cyclic esters (lactones) is 1. The molecule has 0 spiro atoms. The molecule has 2 fully saturated rings. The zero-order valence-corrected chi connectivity index (χ0v) is 18.6. The number of ether oxygens (including phenoxy) is 2. The van der Waals surface area contributed by atoms with Gasteiger partial charge in [0.15, 0.2) is 0 Å². The molecule has 0 saturated carbocycles. The normalized spacial score (nSPS) is 19.2. The van der Waals surface area contributed by atoms with Crippen LogP contribution < -0.4 is 15.0 Å². The number of halogens is 2. The molecule has 32 heavy (non-hydrogen) atoms. The van der Waals surface area contributed by atoms with Crippen LogP contribution in [0.1, 0.15) is 19.8 Å². The summed E-state index contributed by atoms with van der Waals surface area (Å²) in [4.78, 5) is 27.1. The molecule has 2 saturated heterocycles. The number of hydrogen-bond acceptors (Lipinski definition) is 5. The first-order valence-electron chi connectivity index (χ1n) is 10.5. The predicted octanol–water partition coefficient (Wildman–Crippen LogP) is 4.07. The second-order valence-electron chi connectivity index (χ2n) is 7.92. The molecule has 4 rings (SSSR count). The van der Waals surface area contributed by atoms with Crippen LogP contribution >= 0.6 is 12.4 Å². The summed E-state index contributed by atoms with van der Waals surface area (Å²) < 4.78 is 24.7. The van der Waals surface area contributed by atoms with E-state index in [0.29, 0.717) is 18.8 Å². The number of carbonyl (C=O) groups excluding carboxylic acids is 2. The Labute approximate surface area is 192 Å². The minimum Gasteiger partial charge on any atom is -0.490 e. The molecule has 2 aliphatic heterocycles. The highest BCUT2D eigenvalue weighted by atomic mass is 35.5. The molecule has 2 heterocycles. The smallest absolute Gasteiger partial charge is 0.414 e. The number of hydrogen-bond donors (Lipinski definition) is 1.